The van der Waals surface area contributed by atoms with Gasteiger partial charge in [-0.25, -0.2) is 4.79 Å². The molecular weight excluding hydrogens is 672 g/mol. The summed E-state index contributed by atoms with van der Waals surface area (Å²) in [6.45, 7) is 7.03. The van der Waals surface area contributed by atoms with Crippen LogP contribution in [0.1, 0.15) is 68.2 Å². The van der Waals surface area contributed by atoms with Crippen molar-refractivity contribution in [2.75, 3.05) is 57.2 Å². The fourth-order valence-electron chi connectivity index (χ4n) is 6.44. The summed E-state index contributed by atoms with van der Waals surface area (Å²) in [5.74, 6) is 0.885. The average Bonchev–Trinajstić information content (AvgIpc) is 3.21. The molecule has 0 aromatic heterocycles. The lowest BCUT2D eigenvalue weighted by atomic mass is 9.70. The van der Waals surface area contributed by atoms with Crippen molar-refractivity contribution in [3.05, 3.63) is 70.3 Å². The van der Waals surface area contributed by atoms with Gasteiger partial charge in [0.15, 0.2) is 6.10 Å². The Morgan fingerprint density at radius 1 is 1.24 bits per heavy atom. The number of hydrogen-bond donors (Lipinski definition) is 1. The van der Waals surface area contributed by atoms with Crippen LogP contribution in [0.2, 0.25) is 5.02 Å². The van der Waals surface area contributed by atoms with E-state index in [1.165, 1.54) is 18.2 Å². The fraction of sp³-hybridized carbons (Fsp3) is 0.556. The number of fused-ring (bicyclic) bond motifs is 1. The first kappa shape index (κ1) is 36.2. The van der Waals surface area contributed by atoms with Gasteiger partial charge in [-0.3, -0.25) is 4.79 Å². The van der Waals surface area contributed by atoms with Crippen LogP contribution in [0.4, 0.5) is 5.69 Å². The van der Waals surface area contributed by atoms with Gasteiger partial charge in [0.05, 0.1) is 32.1 Å². The Morgan fingerprint density at radius 2 is 2.04 bits per heavy atom. The molecule has 0 saturated heterocycles. The van der Waals surface area contributed by atoms with Crippen LogP contribution in [-0.4, -0.2) is 80.3 Å². The van der Waals surface area contributed by atoms with Crippen LogP contribution in [0.3, 0.4) is 0 Å². The van der Waals surface area contributed by atoms with Crippen molar-refractivity contribution in [1.29, 1.82) is 0 Å². The van der Waals surface area contributed by atoms with Crippen molar-refractivity contribution >= 4 is 45.1 Å². The molecule has 10 heteroatoms. The summed E-state index contributed by atoms with van der Waals surface area (Å²) in [4.78, 5) is 28.0. The Hall–Kier alpha value is -2.59. The minimum atomic E-state index is -1.38. The van der Waals surface area contributed by atoms with Crippen molar-refractivity contribution in [2.24, 2.45) is 11.8 Å². The molecule has 46 heavy (non-hydrogen) atoms. The van der Waals surface area contributed by atoms with Crippen LogP contribution in [0.15, 0.2) is 48.6 Å². The van der Waals surface area contributed by atoms with Gasteiger partial charge in [0.1, 0.15) is 5.75 Å². The summed E-state index contributed by atoms with van der Waals surface area (Å²) < 4.78 is 17.6. The molecular formula is C36H48BrClN2O6. The fourth-order valence-corrected chi connectivity index (χ4v) is 6.83. The number of amides is 1. The SMILES string of the molecule is CCCc1cc(Cl)ccc1C1COc2ccc(C(O)C(=O)OC)cc2N(CC2CCC2C(/C=C/CCN(C)C(C)=O)OCCBr)C1. The maximum atomic E-state index is 12.2. The predicted octanol–water partition coefficient (Wildman–Crippen LogP) is 6.71. The number of aliphatic hydroxyl groups is 1. The molecule has 1 heterocycles. The van der Waals surface area contributed by atoms with Crippen molar-refractivity contribution in [2.45, 2.75) is 64.1 Å². The molecule has 1 aliphatic heterocycles. The van der Waals surface area contributed by atoms with Crippen LogP contribution < -0.4 is 9.64 Å². The van der Waals surface area contributed by atoms with E-state index in [0.717, 1.165) is 60.4 Å². The number of carbonyl (C=O) groups excluding carboxylic acids is 2. The standard InChI is InChI=1S/C36H48BrClN2O6/c1-5-8-25-19-29(38)12-14-30(25)28-22-40(32-20-26(35(42)36(43)44-4)11-15-34(32)46-23-28)21-27-10-13-31(27)33(45-18-16-37)9-6-7-17-39(3)24(2)41/h6,9,11-12,14-15,19-20,27-28,31,33,35,42H,5,7-8,10,13,16-18,21-23H2,1-4H3/b9-6+. The first-order chi connectivity index (χ1) is 22.2. The molecule has 1 fully saturated rings. The Morgan fingerprint density at radius 3 is 2.72 bits per heavy atom. The first-order valence-corrected chi connectivity index (χ1v) is 17.8. The molecule has 252 valence electrons. The van der Waals surface area contributed by atoms with Gasteiger partial charge in [0.2, 0.25) is 5.91 Å². The van der Waals surface area contributed by atoms with Gasteiger partial charge in [-0.2, -0.15) is 0 Å². The van der Waals surface area contributed by atoms with E-state index in [2.05, 4.69) is 52.0 Å². The third-order valence-electron chi connectivity index (χ3n) is 9.24. The van der Waals surface area contributed by atoms with E-state index >= 15 is 0 Å². The van der Waals surface area contributed by atoms with Gasteiger partial charge in [0, 0.05) is 49.9 Å². The van der Waals surface area contributed by atoms with E-state index in [1.807, 2.05) is 25.2 Å². The number of carbonyl (C=O) groups is 2. The normalized spacial score (nSPS) is 20.7. The second-order valence-electron chi connectivity index (χ2n) is 12.3. The van der Waals surface area contributed by atoms with Crippen molar-refractivity contribution < 1.29 is 28.9 Å². The van der Waals surface area contributed by atoms with E-state index in [9.17, 15) is 14.7 Å². The molecule has 1 saturated carbocycles. The Balaban J connectivity index is 1.62. The Kier molecular flexibility index (Phi) is 13.8. The number of aryl methyl sites for hydroxylation is 1. The molecule has 5 atom stereocenters. The van der Waals surface area contributed by atoms with E-state index in [1.54, 1.807) is 17.9 Å². The smallest absolute Gasteiger partial charge is 0.339 e. The first-order valence-electron chi connectivity index (χ1n) is 16.3. The van der Waals surface area contributed by atoms with Crippen molar-refractivity contribution in [1.82, 2.24) is 4.90 Å². The van der Waals surface area contributed by atoms with Gasteiger partial charge >= 0.3 is 5.97 Å². The summed E-state index contributed by atoms with van der Waals surface area (Å²) in [7, 11) is 3.09. The number of rotatable bonds is 15. The third kappa shape index (κ3) is 9.27. The predicted molar refractivity (Wildman–Crippen MR) is 186 cm³/mol. The van der Waals surface area contributed by atoms with Gasteiger partial charge in [-0.15, -0.1) is 0 Å². The number of nitrogens with zero attached hydrogens (tertiary/aromatic N) is 2. The molecule has 5 unspecified atom stereocenters. The summed E-state index contributed by atoms with van der Waals surface area (Å²) >= 11 is 9.93. The Labute approximate surface area is 287 Å². The van der Waals surface area contributed by atoms with Gasteiger partial charge in [-0.05, 0) is 78.5 Å². The highest BCUT2D eigenvalue weighted by Crippen LogP contribution is 2.43. The zero-order chi connectivity index (χ0) is 33.2. The summed E-state index contributed by atoms with van der Waals surface area (Å²) in [6.07, 6.45) is 7.75. The van der Waals surface area contributed by atoms with Gasteiger partial charge in [-0.1, -0.05) is 65.2 Å². The average molecular weight is 720 g/mol. The molecule has 1 aliphatic carbocycles. The maximum absolute atomic E-state index is 12.2. The van der Waals surface area contributed by atoms with Crippen LogP contribution >= 0.6 is 27.5 Å². The van der Waals surface area contributed by atoms with Gasteiger partial charge in [0.25, 0.3) is 0 Å². The molecule has 2 aliphatic rings. The molecule has 0 spiro atoms. The quantitative estimate of drug-likeness (QED) is 0.124. The van der Waals surface area contributed by atoms with Gasteiger partial charge < -0.3 is 29.1 Å². The molecule has 8 nitrogen and oxygen atoms in total. The third-order valence-corrected chi connectivity index (χ3v) is 9.80. The van der Waals surface area contributed by atoms with Crippen LogP contribution in [0.5, 0.6) is 5.75 Å². The molecule has 0 radical (unpaired) electrons. The number of anilines is 1. The summed E-state index contributed by atoms with van der Waals surface area (Å²) in [5, 5.41) is 12.2. The largest absolute Gasteiger partial charge is 0.491 e. The minimum Gasteiger partial charge on any atom is -0.491 e. The monoisotopic (exact) mass is 718 g/mol. The van der Waals surface area contributed by atoms with E-state index in [4.69, 9.17) is 25.8 Å². The minimum absolute atomic E-state index is 0.0302. The highest BCUT2D eigenvalue weighted by atomic mass is 79.9. The molecule has 0 bridgehead atoms. The van der Waals surface area contributed by atoms with Crippen LogP contribution in [0.25, 0.3) is 0 Å². The summed E-state index contributed by atoms with van der Waals surface area (Å²) in [5.41, 5.74) is 3.81. The number of ether oxygens (including phenoxy) is 3. The van der Waals surface area contributed by atoms with E-state index < -0.39 is 12.1 Å². The number of esters is 1. The molecule has 1 amide bonds. The molecule has 2 aromatic carbocycles. The van der Waals surface area contributed by atoms with Crippen LogP contribution in [0, 0.1) is 11.8 Å². The second kappa shape index (κ2) is 17.5. The number of halogens is 2. The zero-order valence-electron chi connectivity index (χ0n) is 27.4. The number of methoxy groups -OCH3 is 1. The summed E-state index contributed by atoms with van der Waals surface area (Å²) in [6, 6.07) is 11.6. The lowest BCUT2D eigenvalue weighted by Gasteiger charge is -2.44. The lowest BCUT2D eigenvalue weighted by Crippen LogP contribution is -2.44. The number of benzene rings is 2. The van der Waals surface area contributed by atoms with Crippen molar-refractivity contribution in [3.63, 3.8) is 0 Å². The highest BCUT2D eigenvalue weighted by molar-refractivity contribution is 9.09. The number of alkyl halides is 1. The Bertz CT molecular complexity index is 1360. The number of hydrogen-bond acceptors (Lipinski definition) is 7. The second-order valence-corrected chi connectivity index (χ2v) is 13.6. The maximum Gasteiger partial charge on any atom is 0.339 e. The van der Waals surface area contributed by atoms with Crippen LogP contribution in [-0.2, 0) is 25.5 Å². The highest BCUT2D eigenvalue weighted by Gasteiger charge is 2.39. The molecule has 4 rings (SSSR count). The zero-order valence-corrected chi connectivity index (χ0v) is 29.8. The van der Waals surface area contributed by atoms with E-state index in [-0.39, 0.29) is 17.9 Å². The molecule has 1 N–H and O–H groups in total. The number of aliphatic hydroxyl groups excluding tert-OH is 1. The lowest BCUT2D eigenvalue weighted by molar-refractivity contribution is -0.150. The topological polar surface area (TPSA) is 88.5 Å². The van der Waals surface area contributed by atoms with Crippen molar-refractivity contribution in [3.8, 4) is 5.75 Å². The molecule has 2 aromatic rings. The van der Waals surface area contributed by atoms with E-state index in [0.29, 0.717) is 43.7 Å².